The van der Waals surface area contributed by atoms with E-state index < -0.39 is 5.60 Å². The zero-order valence-electron chi connectivity index (χ0n) is 14.7. The lowest BCUT2D eigenvalue weighted by molar-refractivity contribution is 0.0240. The fourth-order valence-electron chi connectivity index (χ4n) is 3.11. The van der Waals surface area contributed by atoms with Crippen LogP contribution in [0.15, 0.2) is 12.1 Å². The van der Waals surface area contributed by atoms with Gasteiger partial charge in [0.15, 0.2) is 0 Å². The van der Waals surface area contributed by atoms with Gasteiger partial charge in [-0.25, -0.2) is 4.79 Å². The number of nitrogens with zero attached hydrogens (tertiary/aromatic N) is 2. The number of hydrogen-bond donors (Lipinski definition) is 0. The zero-order valence-corrected chi connectivity index (χ0v) is 14.7. The summed E-state index contributed by atoms with van der Waals surface area (Å²) >= 11 is 0. The predicted octanol–water partition coefficient (Wildman–Crippen LogP) is 3.67. The maximum atomic E-state index is 12.1. The highest BCUT2D eigenvalue weighted by atomic mass is 16.6. The number of rotatable bonds is 1. The van der Waals surface area contributed by atoms with Crippen LogP contribution in [-0.4, -0.2) is 42.8 Å². The lowest BCUT2D eigenvalue weighted by atomic mass is 10.0. The van der Waals surface area contributed by atoms with Crippen LogP contribution in [0, 0.1) is 20.8 Å². The van der Waals surface area contributed by atoms with Crippen LogP contribution in [0.25, 0.3) is 0 Å². The van der Waals surface area contributed by atoms with Crippen LogP contribution in [0.2, 0.25) is 0 Å². The van der Waals surface area contributed by atoms with Crippen molar-refractivity contribution in [1.29, 1.82) is 0 Å². The number of aryl methyl sites for hydroxylation is 3. The Morgan fingerprint density at radius 2 is 1.50 bits per heavy atom. The van der Waals surface area contributed by atoms with E-state index in [4.69, 9.17) is 4.74 Å². The molecule has 1 heterocycles. The fraction of sp³-hybridized carbons (Fsp3) is 0.611. The molecule has 122 valence electrons. The topological polar surface area (TPSA) is 32.8 Å². The Balaban J connectivity index is 2.02. The summed E-state index contributed by atoms with van der Waals surface area (Å²) < 4.78 is 5.45. The van der Waals surface area contributed by atoms with E-state index in [-0.39, 0.29) is 6.09 Å². The molecule has 1 fully saturated rings. The van der Waals surface area contributed by atoms with E-state index in [2.05, 4.69) is 37.8 Å². The third kappa shape index (κ3) is 3.93. The Morgan fingerprint density at radius 1 is 1.00 bits per heavy atom. The quantitative estimate of drug-likeness (QED) is 0.793. The normalized spacial score (nSPS) is 15.9. The van der Waals surface area contributed by atoms with E-state index in [9.17, 15) is 4.79 Å². The average molecular weight is 304 g/mol. The van der Waals surface area contributed by atoms with Gasteiger partial charge in [-0.05, 0) is 52.7 Å². The minimum Gasteiger partial charge on any atom is -0.444 e. The number of carbonyl (C=O) groups is 1. The average Bonchev–Trinajstić information content (AvgIpc) is 2.36. The summed E-state index contributed by atoms with van der Waals surface area (Å²) in [5, 5.41) is 0. The standard InChI is InChI=1S/C18H28N2O2/c1-13-11-14(2)16(15(3)12-13)19-7-9-20(10-8-19)17(21)22-18(4,5)6/h11-12H,7-10H2,1-6H3. The van der Waals surface area contributed by atoms with Gasteiger partial charge >= 0.3 is 6.09 Å². The summed E-state index contributed by atoms with van der Waals surface area (Å²) in [4.78, 5) is 16.3. The van der Waals surface area contributed by atoms with Gasteiger partial charge in [0.25, 0.3) is 0 Å². The number of benzene rings is 1. The SMILES string of the molecule is Cc1cc(C)c(N2CCN(C(=O)OC(C)(C)C)CC2)c(C)c1. The molecule has 4 heteroatoms. The number of amides is 1. The molecule has 1 aromatic carbocycles. The van der Waals surface area contributed by atoms with Gasteiger partial charge in [-0.15, -0.1) is 0 Å². The van der Waals surface area contributed by atoms with Crippen molar-refractivity contribution in [3.8, 4) is 0 Å². The molecule has 2 rings (SSSR count). The molecule has 0 aliphatic carbocycles. The van der Waals surface area contributed by atoms with Crippen molar-refractivity contribution in [2.45, 2.75) is 47.1 Å². The zero-order chi connectivity index (χ0) is 16.5. The van der Waals surface area contributed by atoms with Crippen LogP contribution in [0.5, 0.6) is 0 Å². The van der Waals surface area contributed by atoms with Crippen LogP contribution in [0.4, 0.5) is 10.5 Å². The van der Waals surface area contributed by atoms with Crippen molar-refractivity contribution in [3.05, 3.63) is 28.8 Å². The van der Waals surface area contributed by atoms with Crippen LogP contribution in [-0.2, 0) is 4.74 Å². The minimum atomic E-state index is -0.432. The summed E-state index contributed by atoms with van der Waals surface area (Å²) in [5.41, 5.74) is 4.80. The molecule has 0 bridgehead atoms. The molecule has 1 amide bonds. The van der Waals surface area contributed by atoms with E-state index >= 15 is 0 Å². The van der Waals surface area contributed by atoms with Crippen LogP contribution >= 0.6 is 0 Å². The number of piperazine rings is 1. The van der Waals surface area contributed by atoms with E-state index in [1.54, 1.807) is 4.90 Å². The van der Waals surface area contributed by atoms with Crippen molar-refractivity contribution in [3.63, 3.8) is 0 Å². The van der Waals surface area contributed by atoms with Gasteiger partial charge in [0.1, 0.15) is 5.60 Å². The van der Waals surface area contributed by atoms with Gasteiger partial charge in [0.05, 0.1) is 0 Å². The van der Waals surface area contributed by atoms with Gasteiger partial charge in [-0.3, -0.25) is 0 Å². The highest BCUT2D eigenvalue weighted by molar-refractivity contribution is 5.69. The molecule has 4 nitrogen and oxygen atoms in total. The maximum absolute atomic E-state index is 12.1. The predicted molar refractivity (Wildman–Crippen MR) is 90.7 cm³/mol. The number of hydrogen-bond acceptors (Lipinski definition) is 3. The molecule has 1 saturated heterocycles. The highest BCUT2D eigenvalue weighted by Gasteiger charge is 2.26. The Labute approximate surface area is 134 Å². The molecule has 0 spiro atoms. The monoisotopic (exact) mass is 304 g/mol. The molecule has 0 radical (unpaired) electrons. The Kier molecular flexibility index (Phi) is 4.69. The van der Waals surface area contributed by atoms with Crippen LogP contribution in [0.3, 0.4) is 0 Å². The van der Waals surface area contributed by atoms with E-state index in [1.165, 1.54) is 22.4 Å². The molecule has 0 atom stereocenters. The van der Waals surface area contributed by atoms with Crippen molar-refractivity contribution < 1.29 is 9.53 Å². The van der Waals surface area contributed by atoms with Crippen LogP contribution in [0.1, 0.15) is 37.5 Å². The molecule has 22 heavy (non-hydrogen) atoms. The first kappa shape index (κ1) is 16.7. The Bertz CT molecular complexity index is 530. The van der Waals surface area contributed by atoms with Crippen molar-refractivity contribution in [2.24, 2.45) is 0 Å². The fourth-order valence-corrected chi connectivity index (χ4v) is 3.11. The lowest BCUT2D eigenvalue weighted by Crippen LogP contribution is -2.50. The molecule has 0 N–H and O–H groups in total. The van der Waals surface area contributed by atoms with Crippen molar-refractivity contribution in [1.82, 2.24) is 4.90 Å². The number of anilines is 1. The summed E-state index contributed by atoms with van der Waals surface area (Å²) in [5.74, 6) is 0. The first-order valence-electron chi connectivity index (χ1n) is 7.98. The summed E-state index contributed by atoms with van der Waals surface area (Å²) in [6.45, 7) is 15.3. The molecule has 0 aromatic heterocycles. The van der Waals surface area contributed by atoms with Gasteiger partial charge < -0.3 is 14.5 Å². The first-order chi connectivity index (χ1) is 10.2. The molecule has 1 aromatic rings. The number of ether oxygens (including phenoxy) is 1. The second-order valence-electron chi connectivity index (χ2n) is 7.20. The van der Waals surface area contributed by atoms with Crippen molar-refractivity contribution >= 4 is 11.8 Å². The third-order valence-corrected chi connectivity index (χ3v) is 3.88. The molecule has 0 unspecified atom stereocenters. The molecular weight excluding hydrogens is 276 g/mol. The molecule has 1 aliphatic rings. The smallest absolute Gasteiger partial charge is 0.410 e. The highest BCUT2D eigenvalue weighted by Crippen LogP contribution is 2.27. The molecule has 1 aliphatic heterocycles. The third-order valence-electron chi connectivity index (χ3n) is 3.88. The van der Waals surface area contributed by atoms with Crippen molar-refractivity contribution in [2.75, 3.05) is 31.1 Å². The van der Waals surface area contributed by atoms with E-state index in [1.807, 2.05) is 20.8 Å². The Morgan fingerprint density at radius 3 is 1.95 bits per heavy atom. The lowest BCUT2D eigenvalue weighted by Gasteiger charge is -2.38. The molecule has 0 saturated carbocycles. The van der Waals surface area contributed by atoms with E-state index in [0.29, 0.717) is 13.1 Å². The van der Waals surface area contributed by atoms with Gasteiger partial charge in [0, 0.05) is 31.9 Å². The first-order valence-corrected chi connectivity index (χ1v) is 7.98. The number of carbonyl (C=O) groups excluding carboxylic acids is 1. The minimum absolute atomic E-state index is 0.204. The molecular formula is C18H28N2O2. The summed E-state index contributed by atoms with van der Waals surface area (Å²) in [6.07, 6.45) is -0.204. The summed E-state index contributed by atoms with van der Waals surface area (Å²) in [7, 11) is 0. The Hall–Kier alpha value is -1.71. The second kappa shape index (κ2) is 6.19. The van der Waals surface area contributed by atoms with Gasteiger partial charge in [-0.1, -0.05) is 17.7 Å². The van der Waals surface area contributed by atoms with E-state index in [0.717, 1.165) is 13.1 Å². The van der Waals surface area contributed by atoms with Crippen LogP contribution < -0.4 is 4.90 Å². The van der Waals surface area contributed by atoms with Gasteiger partial charge in [-0.2, -0.15) is 0 Å². The summed E-state index contributed by atoms with van der Waals surface area (Å²) in [6, 6.07) is 4.45. The maximum Gasteiger partial charge on any atom is 0.410 e. The second-order valence-corrected chi connectivity index (χ2v) is 7.20. The largest absolute Gasteiger partial charge is 0.444 e. The van der Waals surface area contributed by atoms with Gasteiger partial charge in [0.2, 0.25) is 0 Å².